The summed E-state index contributed by atoms with van der Waals surface area (Å²) in [7, 11) is 0. The fourth-order valence-corrected chi connectivity index (χ4v) is 2.70. The van der Waals surface area contributed by atoms with Crippen LogP contribution in [0.15, 0.2) is 18.2 Å². The van der Waals surface area contributed by atoms with Crippen LogP contribution >= 0.6 is 0 Å². The van der Waals surface area contributed by atoms with Crippen molar-refractivity contribution in [1.29, 1.82) is 0 Å². The molecular weight excluding hydrogens is 236 g/mol. The third-order valence-corrected chi connectivity index (χ3v) is 3.61. The van der Waals surface area contributed by atoms with Crippen LogP contribution in [0.25, 0.3) is 0 Å². The number of hydrogen-bond donors (Lipinski definition) is 1. The van der Waals surface area contributed by atoms with Gasteiger partial charge in [0.2, 0.25) is 5.91 Å². The maximum absolute atomic E-state index is 12.4. The van der Waals surface area contributed by atoms with E-state index in [9.17, 15) is 4.79 Å². The number of amides is 1. The van der Waals surface area contributed by atoms with Gasteiger partial charge in [0.1, 0.15) is 0 Å². The van der Waals surface area contributed by atoms with Crippen molar-refractivity contribution in [2.24, 2.45) is 0 Å². The molecule has 1 N–H and O–H groups in total. The van der Waals surface area contributed by atoms with Crippen LogP contribution in [0, 0.1) is 6.92 Å². The first-order valence-corrected chi connectivity index (χ1v) is 7.22. The fraction of sp³-hybridized carbons (Fsp3) is 0.562. The Labute approximate surface area is 116 Å². The second-order valence-corrected chi connectivity index (χ2v) is 5.59. The first kappa shape index (κ1) is 14.1. The molecule has 0 aliphatic carbocycles. The third-order valence-electron chi connectivity index (χ3n) is 3.61. The van der Waals surface area contributed by atoms with Gasteiger partial charge in [-0.2, -0.15) is 0 Å². The van der Waals surface area contributed by atoms with Crippen LogP contribution in [0.4, 0.5) is 5.69 Å². The summed E-state index contributed by atoms with van der Waals surface area (Å²) < 4.78 is 0. The molecule has 1 aromatic rings. The lowest BCUT2D eigenvalue weighted by Crippen LogP contribution is -2.38. The highest BCUT2D eigenvalue weighted by Crippen LogP contribution is 2.30. The number of anilines is 1. The topological polar surface area (TPSA) is 32.3 Å². The predicted octanol–water partition coefficient (Wildman–Crippen LogP) is 2.66. The van der Waals surface area contributed by atoms with Gasteiger partial charge in [-0.05, 0) is 30.9 Å². The second kappa shape index (κ2) is 6.20. The zero-order chi connectivity index (χ0) is 13.8. The van der Waals surface area contributed by atoms with E-state index in [0.29, 0.717) is 12.5 Å². The molecule has 104 valence electrons. The lowest BCUT2D eigenvalue weighted by Gasteiger charge is -2.31. The molecule has 0 spiro atoms. The summed E-state index contributed by atoms with van der Waals surface area (Å²) in [6.07, 6.45) is 2.73. The number of aryl methyl sites for hydroxylation is 2. The minimum Gasteiger partial charge on any atom is -0.314 e. The second-order valence-electron chi connectivity index (χ2n) is 5.59. The molecule has 3 heteroatoms. The Kier molecular flexibility index (Phi) is 4.59. The van der Waals surface area contributed by atoms with Crippen LogP contribution in [0.3, 0.4) is 0 Å². The lowest BCUT2D eigenvalue weighted by atomic mass is 9.98. The standard InChI is InChI=1S/C16H24N2O/c1-12(2)17-10-9-15(19)18-11-5-8-14-7-4-6-13(3)16(14)18/h4,6-7,12,17H,5,8-11H2,1-3H3. The summed E-state index contributed by atoms with van der Waals surface area (Å²) in [6.45, 7) is 7.92. The van der Waals surface area contributed by atoms with Gasteiger partial charge >= 0.3 is 0 Å². The van der Waals surface area contributed by atoms with Crippen LogP contribution in [0.1, 0.15) is 37.8 Å². The zero-order valence-electron chi connectivity index (χ0n) is 12.2. The summed E-state index contributed by atoms with van der Waals surface area (Å²) in [5, 5.41) is 3.31. The molecule has 1 amide bonds. The zero-order valence-corrected chi connectivity index (χ0v) is 12.2. The van der Waals surface area contributed by atoms with Crippen LogP contribution in [0.5, 0.6) is 0 Å². The molecule has 0 unspecified atom stereocenters. The number of benzene rings is 1. The smallest absolute Gasteiger partial charge is 0.228 e. The van der Waals surface area contributed by atoms with Crippen molar-refractivity contribution in [1.82, 2.24) is 5.32 Å². The first-order valence-electron chi connectivity index (χ1n) is 7.22. The molecule has 2 rings (SSSR count). The van der Waals surface area contributed by atoms with Crippen LogP contribution < -0.4 is 10.2 Å². The van der Waals surface area contributed by atoms with Gasteiger partial charge in [0, 0.05) is 31.2 Å². The third kappa shape index (κ3) is 3.35. The molecule has 1 aliphatic heterocycles. The summed E-state index contributed by atoms with van der Waals surface area (Å²) >= 11 is 0. The molecule has 1 heterocycles. The van der Waals surface area contributed by atoms with Crippen molar-refractivity contribution in [3.63, 3.8) is 0 Å². The van der Waals surface area contributed by atoms with Crippen molar-refractivity contribution in [2.75, 3.05) is 18.0 Å². The highest BCUT2D eigenvalue weighted by atomic mass is 16.2. The maximum Gasteiger partial charge on any atom is 0.228 e. The minimum absolute atomic E-state index is 0.239. The number of fused-ring (bicyclic) bond motifs is 1. The van der Waals surface area contributed by atoms with E-state index in [1.165, 1.54) is 11.1 Å². The average molecular weight is 260 g/mol. The Morgan fingerprint density at radius 1 is 1.42 bits per heavy atom. The Morgan fingerprint density at radius 2 is 2.21 bits per heavy atom. The molecule has 0 saturated heterocycles. The summed E-state index contributed by atoms with van der Waals surface area (Å²) in [5.74, 6) is 0.239. The van der Waals surface area contributed by atoms with E-state index in [1.54, 1.807) is 0 Å². The van der Waals surface area contributed by atoms with Crippen molar-refractivity contribution in [2.45, 2.75) is 46.1 Å². The summed E-state index contributed by atoms with van der Waals surface area (Å²) in [6, 6.07) is 6.76. The van der Waals surface area contributed by atoms with Crippen molar-refractivity contribution in [3.05, 3.63) is 29.3 Å². The highest BCUT2D eigenvalue weighted by molar-refractivity contribution is 5.95. The van der Waals surface area contributed by atoms with E-state index in [4.69, 9.17) is 0 Å². The molecule has 19 heavy (non-hydrogen) atoms. The Morgan fingerprint density at radius 3 is 2.95 bits per heavy atom. The van der Waals surface area contributed by atoms with Gasteiger partial charge in [0.05, 0.1) is 0 Å². The quantitative estimate of drug-likeness (QED) is 0.902. The van der Waals surface area contributed by atoms with E-state index in [0.717, 1.165) is 31.6 Å². The number of para-hydroxylation sites is 1. The average Bonchev–Trinajstić information content (AvgIpc) is 2.38. The van der Waals surface area contributed by atoms with E-state index in [2.05, 4.69) is 44.3 Å². The first-order chi connectivity index (χ1) is 9.09. The van der Waals surface area contributed by atoms with E-state index < -0.39 is 0 Å². The van der Waals surface area contributed by atoms with E-state index in [1.807, 2.05) is 4.90 Å². The van der Waals surface area contributed by atoms with Gasteiger partial charge in [-0.3, -0.25) is 4.79 Å². The number of carbonyl (C=O) groups excluding carboxylic acids is 1. The molecule has 0 saturated carbocycles. The number of hydrogen-bond acceptors (Lipinski definition) is 2. The van der Waals surface area contributed by atoms with Crippen LogP contribution in [-0.4, -0.2) is 25.0 Å². The normalized spacial score (nSPS) is 14.6. The van der Waals surface area contributed by atoms with Gasteiger partial charge in [0.15, 0.2) is 0 Å². The van der Waals surface area contributed by atoms with Gasteiger partial charge < -0.3 is 10.2 Å². The van der Waals surface area contributed by atoms with Crippen molar-refractivity contribution >= 4 is 11.6 Å². The molecule has 0 bridgehead atoms. The molecule has 1 aromatic carbocycles. The molecule has 0 atom stereocenters. The molecule has 0 aromatic heterocycles. The summed E-state index contributed by atoms with van der Waals surface area (Å²) in [5.41, 5.74) is 3.68. The summed E-state index contributed by atoms with van der Waals surface area (Å²) in [4.78, 5) is 14.4. The molecule has 3 nitrogen and oxygen atoms in total. The fourth-order valence-electron chi connectivity index (χ4n) is 2.70. The van der Waals surface area contributed by atoms with Gasteiger partial charge in [0.25, 0.3) is 0 Å². The molecular formula is C16H24N2O. The SMILES string of the molecule is Cc1cccc2c1N(C(=O)CCNC(C)C)CCC2. The monoisotopic (exact) mass is 260 g/mol. The predicted molar refractivity (Wildman–Crippen MR) is 79.6 cm³/mol. The van der Waals surface area contributed by atoms with Gasteiger partial charge in [-0.1, -0.05) is 32.0 Å². The van der Waals surface area contributed by atoms with Crippen LogP contribution in [-0.2, 0) is 11.2 Å². The van der Waals surface area contributed by atoms with Crippen molar-refractivity contribution in [3.8, 4) is 0 Å². The number of nitrogens with zero attached hydrogens (tertiary/aromatic N) is 1. The van der Waals surface area contributed by atoms with E-state index in [-0.39, 0.29) is 5.91 Å². The minimum atomic E-state index is 0.239. The van der Waals surface area contributed by atoms with Crippen molar-refractivity contribution < 1.29 is 4.79 Å². The maximum atomic E-state index is 12.4. The highest BCUT2D eigenvalue weighted by Gasteiger charge is 2.23. The largest absolute Gasteiger partial charge is 0.314 e. The number of nitrogens with one attached hydrogen (secondary N) is 1. The van der Waals surface area contributed by atoms with Crippen LogP contribution in [0.2, 0.25) is 0 Å². The Hall–Kier alpha value is -1.35. The number of carbonyl (C=O) groups is 1. The molecule has 0 radical (unpaired) electrons. The molecule has 0 fully saturated rings. The number of rotatable bonds is 4. The van der Waals surface area contributed by atoms with E-state index >= 15 is 0 Å². The Bertz CT molecular complexity index is 454. The van der Waals surface area contributed by atoms with Gasteiger partial charge in [-0.25, -0.2) is 0 Å². The lowest BCUT2D eigenvalue weighted by molar-refractivity contribution is -0.118. The molecule has 1 aliphatic rings. The van der Waals surface area contributed by atoms with Gasteiger partial charge in [-0.15, -0.1) is 0 Å². The Balaban J connectivity index is 2.08.